The molecule has 0 saturated carbocycles. The van der Waals surface area contributed by atoms with Crippen LogP contribution in [0.15, 0.2) is 53.1 Å². The fourth-order valence-corrected chi connectivity index (χ4v) is 2.86. The minimum Gasteiger partial charge on any atom is -0.494 e. The molecule has 0 unspecified atom stereocenters. The molecule has 138 valence electrons. The van der Waals surface area contributed by atoms with E-state index in [4.69, 9.17) is 16.3 Å². The Morgan fingerprint density at radius 2 is 1.96 bits per heavy atom. The van der Waals surface area contributed by atoms with E-state index in [1.165, 1.54) is 17.1 Å². The highest BCUT2D eigenvalue weighted by molar-refractivity contribution is 6.34. The lowest BCUT2D eigenvalue weighted by Crippen LogP contribution is -2.21. The largest absolute Gasteiger partial charge is 0.494 e. The molecule has 2 aromatic rings. The Morgan fingerprint density at radius 1 is 1.26 bits per heavy atom. The third-order valence-corrected chi connectivity index (χ3v) is 4.32. The lowest BCUT2D eigenvalue weighted by molar-refractivity contribution is -0.114. The molecule has 0 saturated heterocycles. The second kappa shape index (κ2) is 7.63. The van der Waals surface area contributed by atoms with Crippen molar-refractivity contribution in [2.24, 2.45) is 5.10 Å². The van der Waals surface area contributed by atoms with Gasteiger partial charge in [0, 0.05) is 0 Å². The van der Waals surface area contributed by atoms with E-state index in [0.29, 0.717) is 23.6 Å². The molecule has 1 amide bonds. The van der Waals surface area contributed by atoms with Gasteiger partial charge in [-0.05, 0) is 55.8 Å². The monoisotopic (exact) mass is 384 g/mol. The zero-order chi connectivity index (χ0) is 19.6. The summed E-state index contributed by atoms with van der Waals surface area (Å²) in [5, 5.41) is 14.8. The Morgan fingerprint density at radius 3 is 2.59 bits per heavy atom. The van der Waals surface area contributed by atoms with E-state index >= 15 is 0 Å². The first-order valence-electron chi connectivity index (χ1n) is 8.28. The van der Waals surface area contributed by atoms with Gasteiger partial charge in [-0.1, -0.05) is 23.7 Å². The van der Waals surface area contributed by atoms with Crippen molar-refractivity contribution in [3.05, 3.63) is 64.2 Å². The van der Waals surface area contributed by atoms with Crippen LogP contribution in [0.3, 0.4) is 0 Å². The number of ether oxygens (including phenoxy) is 1. The summed E-state index contributed by atoms with van der Waals surface area (Å²) in [6.07, 6.45) is 1.74. The third-order valence-electron chi connectivity index (χ3n) is 3.99. The minimum atomic E-state index is -1.17. The van der Waals surface area contributed by atoms with Crippen LogP contribution in [0.2, 0.25) is 5.02 Å². The zero-order valence-electron chi connectivity index (χ0n) is 14.8. The molecule has 0 bridgehead atoms. The Hall–Kier alpha value is -3.12. The summed E-state index contributed by atoms with van der Waals surface area (Å²) >= 11 is 5.89. The number of carboxylic acids is 1. The molecule has 1 N–H and O–H groups in total. The lowest BCUT2D eigenvalue weighted by Gasteiger charge is -2.13. The fourth-order valence-electron chi connectivity index (χ4n) is 2.66. The molecule has 6 nitrogen and oxygen atoms in total. The number of aromatic carboxylic acids is 1. The van der Waals surface area contributed by atoms with E-state index in [9.17, 15) is 14.7 Å². The van der Waals surface area contributed by atoms with E-state index in [1.807, 2.05) is 31.2 Å². The Balaban J connectivity index is 1.90. The Labute approximate surface area is 161 Å². The number of halogens is 1. The summed E-state index contributed by atoms with van der Waals surface area (Å²) in [7, 11) is 0. The van der Waals surface area contributed by atoms with Gasteiger partial charge in [0.1, 0.15) is 5.75 Å². The topological polar surface area (TPSA) is 79.2 Å². The fraction of sp³-hybridized carbons (Fsp3) is 0.150. The van der Waals surface area contributed by atoms with Gasteiger partial charge in [-0.3, -0.25) is 4.79 Å². The predicted molar refractivity (Wildman–Crippen MR) is 105 cm³/mol. The number of nitrogens with zero attached hydrogens (tertiary/aromatic N) is 2. The molecule has 0 fully saturated rings. The van der Waals surface area contributed by atoms with Gasteiger partial charge < -0.3 is 9.84 Å². The average Bonchev–Trinajstić information content (AvgIpc) is 2.92. The molecular weight excluding hydrogens is 368 g/mol. The molecule has 0 aliphatic carbocycles. The van der Waals surface area contributed by atoms with Gasteiger partial charge in [-0.2, -0.15) is 10.1 Å². The average molecular weight is 385 g/mol. The highest BCUT2D eigenvalue weighted by Crippen LogP contribution is 2.29. The summed E-state index contributed by atoms with van der Waals surface area (Å²) in [6, 6.07) is 11.7. The van der Waals surface area contributed by atoms with Crippen LogP contribution in [-0.2, 0) is 4.79 Å². The van der Waals surface area contributed by atoms with E-state index in [2.05, 4.69) is 5.10 Å². The second-order valence-electron chi connectivity index (χ2n) is 5.83. The number of carbonyl (C=O) groups excluding carboxylic acids is 1. The van der Waals surface area contributed by atoms with Crippen LogP contribution in [-0.4, -0.2) is 29.3 Å². The van der Waals surface area contributed by atoms with Gasteiger partial charge >= 0.3 is 5.97 Å². The summed E-state index contributed by atoms with van der Waals surface area (Å²) in [4.78, 5) is 24.1. The molecule has 1 aliphatic rings. The van der Waals surface area contributed by atoms with Crippen LogP contribution >= 0.6 is 11.6 Å². The first-order valence-corrected chi connectivity index (χ1v) is 8.66. The van der Waals surface area contributed by atoms with Gasteiger partial charge in [0.05, 0.1) is 34.2 Å². The van der Waals surface area contributed by atoms with Crippen molar-refractivity contribution in [2.45, 2.75) is 13.8 Å². The maximum atomic E-state index is 12.8. The first kappa shape index (κ1) is 18.7. The van der Waals surface area contributed by atoms with Crippen molar-refractivity contribution in [3.63, 3.8) is 0 Å². The van der Waals surface area contributed by atoms with Crippen LogP contribution < -0.4 is 9.75 Å². The molecule has 0 atom stereocenters. The summed E-state index contributed by atoms with van der Waals surface area (Å²) in [5.74, 6) is -0.744. The predicted octanol–water partition coefficient (Wildman–Crippen LogP) is 4.24. The molecule has 7 heteroatoms. The number of rotatable bonds is 5. The highest BCUT2D eigenvalue weighted by atomic mass is 35.5. The van der Waals surface area contributed by atoms with Gasteiger partial charge in [-0.25, -0.2) is 4.79 Å². The maximum Gasteiger partial charge on any atom is 0.337 e. The molecule has 0 spiro atoms. The summed E-state index contributed by atoms with van der Waals surface area (Å²) in [6.45, 7) is 4.22. The maximum absolute atomic E-state index is 12.8. The smallest absolute Gasteiger partial charge is 0.337 e. The molecule has 2 aromatic carbocycles. The highest BCUT2D eigenvalue weighted by Gasteiger charge is 2.29. The summed E-state index contributed by atoms with van der Waals surface area (Å²) < 4.78 is 5.41. The molecule has 3 rings (SSSR count). The van der Waals surface area contributed by atoms with Crippen LogP contribution in [0.1, 0.15) is 29.8 Å². The third kappa shape index (κ3) is 3.85. The van der Waals surface area contributed by atoms with Crippen molar-refractivity contribution in [1.82, 2.24) is 0 Å². The number of hydrogen-bond acceptors (Lipinski definition) is 4. The summed E-state index contributed by atoms with van der Waals surface area (Å²) in [5.41, 5.74) is 2.07. The van der Waals surface area contributed by atoms with Gasteiger partial charge in [0.25, 0.3) is 5.91 Å². The number of carboxylic acid groups (broad SMARTS) is 1. The van der Waals surface area contributed by atoms with Crippen molar-refractivity contribution in [1.29, 1.82) is 0 Å². The van der Waals surface area contributed by atoms with E-state index in [0.717, 1.165) is 11.3 Å². The van der Waals surface area contributed by atoms with E-state index < -0.39 is 5.97 Å². The number of anilines is 1. The lowest BCUT2D eigenvalue weighted by atomic mass is 10.1. The van der Waals surface area contributed by atoms with Crippen molar-refractivity contribution >= 4 is 41.0 Å². The zero-order valence-corrected chi connectivity index (χ0v) is 15.5. The van der Waals surface area contributed by atoms with E-state index in [-0.39, 0.29) is 16.5 Å². The number of benzene rings is 2. The normalized spacial score (nSPS) is 15.2. The van der Waals surface area contributed by atoms with Crippen LogP contribution in [0.4, 0.5) is 5.69 Å². The molecule has 1 aliphatic heterocycles. The second-order valence-corrected chi connectivity index (χ2v) is 6.24. The molecular formula is C20H17ClN2O4. The van der Waals surface area contributed by atoms with Gasteiger partial charge in [0.15, 0.2) is 0 Å². The van der Waals surface area contributed by atoms with Gasteiger partial charge in [-0.15, -0.1) is 0 Å². The van der Waals surface area contributed by atoms with Crippen LogP contribution in [0, 0.1) is 0 Å². The molecule has 1 heterocycles. The number of carbonyl (C=O) groups is 2. The van der Waals surface area contributed by atoms with Crippen molar-refractivity contribution < 1.29 is 19.4 Å². The van der Waals surface area contributed by atoms with Crippen molar-refractivity contribution in [3.8, 4) is 5.75 Å². The standard InChI is InChI=1S/C20H17ClN2O4/c1-3-27-15-7-4-13(5-8-15)10-16-12(2)22-23(19(16)24)14-6-9-18(21)17(11-14)20(25)26/h4-11H,3H2,1-2H3,(H,25,26)/b16-10+. The van der Waals surface area contributed by atoms with Crippen molar-refractivity contribution in [2.75, 3.05) is 11.6 Å². The Kier molecular flexibility index (Phi) is 5.28. The quantitative estimate of drug-likeness (QED) is 0.782. The van der Waals surface area contributed by atoms with Crippen LogP contribution in [0.25, 0.3) is 6.08 Å². The molecule has 0 radical (unpaired) electrons. The SMILES string of the molecule is CCOc1ccc(/C=C2/C(=O)N(c3ccc(Cl)c(C(=O)O)c3)N=C2C)cc1. The number of hydrogen-bond donors (Lipinski definition) is 1. The Bertz CT molecular complexity index is 964. The number of amides is 1. The molecule has 27 heavy (non-hydrogen) atoms. The minimum absolute atomic E-state index is 0.0845. The van der Waals surface area contributed by atoms with E-state index in [1.54, 1.807) is 19.1 Å². The van der Waals surface area contributed by atoms with Gasteiger partial charge in [0.2, 0.25) is 0 Å². The van der Waals surface area contributed by atoms with Crippen LogP contribution in [0.5, 0.6) is 5.75 Å². The molecule has 0 aromatic heterocycles. The first-order chi connectivity index (χ1) is 12.9. The number of hydrazone groups is 1.